The standard InChI is InChI=1S/C21H18N6O3S2/c1-2-10-31-21-25-24-20(32-21)26-15-4-3-5-16(28)18(15)17(14(11-22)19(26)23)12-6-8-13(9-7-12)27(29)30/h2,6-9,17H,1,3-5,10,23H2. The van der Waals surface area contributed by atoms with E-state index in [4.69, 9.17) is 5.73 Å². The molecule has 0 fully saturated rings. The Kier molecular flexibility index (Phi) is 6.07. The maximum absolute atomic E-state index is 13.1. The molecule has 0 radical (unpaired) electrons. The van der Waals surface area contributed by atoms with E-state index in [2.05, 4.69) is 22.8 Å². The van der Waals surface area contributed by atoms with Gasteiger partial charge in [0, 0.05) is 35.6 Å². The molecule has 2 N–H and O–H groups in total. The highest BCUT2D eigenvalue weighted by Gasteiger charge is 2.41. The highest BCUT2D eigenvalue weighted by molar-refractivity contribution is 8.01. The fourth-order valence-corrected chi connectivity index (χ4v) is 5.55. The van der Waals surface area contributed by atoms with E-state index < -0.39 is 10.8 Å². The second kappa shape index (κ2) is 8.94. The van der Waals surface area contributed by atoms with Gasteiger partial charge >= 0.3 is 0 Å². The number of nitro benzene ring substituents is 1. The maximum atomic E-state index is 13.1. The molecule has 0 saturated carbocycles. The minimum atomic E-state index is -0.678. The van der Waals surface area contributed by atoms with Gasteiger partial charge in [-0.05, 0) is 18.4 Å². The quantitative estimate of drug-likeness (QED) is 0.289. The number of carbonyl (C=O) groups is 1. The van der Waals surface area contributed by atoms with Crippen molar-refractivity contribution in [3.05, 3.63) is 75.3 Å². The number of anilines is 1. The Morgan fingerprint density at radius 1 is 1.38 bits per heavy atom. The molecule has 1 atom stereocenters. The lowest BCUT2D eigenvalue weighted by atomic mass is 9.76. The van der Waals surface area contributed by atoms with Gasteiger partial charge in [0.25, 0.3) is 5.69 Å². The minimum absolute atomic E-state index is 0.0642. The summed E-state index contributed by atoms with van der Waals surface area (Å²) in [6.45, 7) is 3.70. The number of thioether (sulfide) groups is 1. The molecule has 162 valence electrons. The molecule has 1 aliphatic heterocycles. The first kappa shape index (κ1) is 21.7. The first-order valence-corrected chi connectivity index (χ1v) is 11.5. The van der Waals surface area contributed by atoms with E-state index in [1.54, 1.807) is 23.1 Å². The van der Waals surface area contributed by atoms with Crippen LogP contribution in [-0.4, -0.2) is 26.7 Å². The van der Waals surface area contributed by atoms with Crippen molar-refractivity contribution in [3.63, 3.8) is 0 Å². The van der Waals surface area contributed by atoms with E-state index >= 15 is 0 Å². The Labute approximate surface area is 192 Å². The molecule has 2 heterocycles. The van der Waals surface area contributed by atoms with Crippen LogP contribution in [0.4, 0.5) is 10.8 Å². The number of nitro groups is 1. The van der Waals surface area contributed by atoms with Gasteiger partial charge in [0.15, 0.2) is 10.1 Å². The smallest absolute Gasteiger partial charge is 0.269 e. The average molecular weight is 467 g/mol. The summed E-state index contributed by atoms with van der Waals surface area (Å²) in [5.41, 5.74) is 8.43. The van der Waals surface area contributed by atoms with Crippen molar-refractivity contribution in [2.24, 2.45) is 5.73 Å². The Morgan fingerprint density at radius 2 is 2.12 bits per heavy atom. The third kappa shape index (κ3) is 3.79. The van der Waals surface area contributed by atoms with E-state index in [-0.39, 0.29) is 22.9 Å². The summed E-state index contributed by atoms with van der Waals surface area (Å²) >= 11 is 2.81. The van der Waals surface area contributed by atoms with Gasteiger partial charge in [0.1, 0.15) is 5.82 Å². The van der Waals surface area contributed by atoms with Crippen molar-refractivity contribution >= 4 is 39.7 Å². The number of hydrogen-bond acceptors (Lipinski definition) is 10. The number of allylic oxidation sites excluding steroid dienone is 3. The number of nitrogens with zero attached hydrogens (tertiary/aromatic N) is 5. The van der Waals surface area contributed by atoms with Crippen LogP contribution in [0.15, 0.2) is 63.9 Å². The summed E-state index contributed by atoms with van der Waals surface area (Å²) < 4.78 is 0.730. The molecular weight excluding hydrogens is 448 g/mol. The molecule has 32 heavy (non-hydrogen) atoms. The van der Waals surface area contributed by atoms with Crippen LogP contribution in [0.5, 0.6) is 0 Å². The van der Waals surface area contributed by atoms with Crippen molar-refractivity contribution in [2.75, 3.05) is 10.7 Å². The monoisotopic (exact) mass is 466 g/mol. The van der Waals surface area contributed by atoms with Crippen molar-refractivity contribution in [1.82, 2.24) is 10.2 Å². The molecule has 2 aliphatic rings. The molecular formula is C21H18N6O3S2. The molecule has 0 bridgehead atoms. The lowest BCUT2D eigenvalue weighted by molar-refractivity contribution is -0.384. The zero-order valence-electron chi connectivity index (χ0n) is 16.9. The van der Waals surface area contributed by atoms with Crippen LogP contribution in [0.2, 0.25) is 0 Å². The molecule has 1 aromatic heterocycles. The van der Waals surface area contributed by atoms with Crippen LogP contribution < -0.4 is 10.6 Å². The lowest BCUT2D eigenvalue weighted by Crippen LogP contribution is -2.38. The van der Waals surface area contributed by atoms with Gasteiger partial charge in [-0.15, -0.1) is 16.8 Å². The molecule has 0 saturated heterocycles. The van der Waals surface area contributed by atoms with Gasteiger partial charge in [-0.3, -0.25) is 19.8 Å². The van der Waals surface area contributed by atoms with Crippen LogP contribution in [0, 0.1) is 21.4 Å². The summed E-state index contributed by atoms with van der Waals surface area (Å²) in [7, 11) is 0. The number of aromatic nitrogens is 2. The largest absolute Gasteiger partial charge is 0.384 e. The summed E-state index contributed by atoms with van der Waals surface area (Å²) in [4.78, 5) is 25.3. The summed E-state index contributed by atoms with van der Waals surface area (Å²) in [5, 5.41) is 30.0. The number of non-ortho nitro benzene ring substituents is 1. The van der Waals surface area contributed by atoms with Crippen molar-refractivity contribution in [3.8, 4) is 6.07 Å². The number of rotatable bonds is 6. The number of hydrogen-bond donors (Lipinski definition) is 1. The molecule has 0 spiro atoms. The van der Waals surface area contributed by atoms with Gasteiger partial charge in [-0.1, -0.05) is 41.3 Å². The van der Waals surface area contributed by atoms with E-state index in [1.165, 1.54) is 35.2 Å². The maximum Gasteiger partial charge on any atom is 0.269 e. The number of ketones is 1. The topological polar surface area (TPSA) is 139 Å². The summed E-state index contributed by atoms with van der Waals surface area (Å²) in [6.07, 6.45) is 3.39. The van der Waals surface area contributed by atoms with Crippen LogP contribution >= 0.6 is 23.1 Å². The highest BCUT2D eigenvalue weighted by Crippen LogP contribution is 2.47. The highest BCUT2D eigenvalue weighted by atomic mass is 32.2. The SMILES string of the molecule is C=CCSc1nnc(N2C(N)=C(C#N)C(c3ccc([N+](=O)[O-])cc3)C3=C2CCCC3=O)s1. The van der Waals surface area contributed by atoms with Gasteiger partial charge in [0.2, 0.25) is 5.13 Å². The molecule has 9 nitrogen and oxygen atoms in total. The summed E-state index contributed by atoms with van der Waals surface area (Å²) in [6, 6.07) is 8.05. The van der Waals surface area contributed by atoms with Crippen molar-refractivity contribution < 1.29 is 9.72 Å². The van der Waals surface area contributed by atoms with Gasteiger partial charge in [-0.2, -0.15) is 5.26 Å². The Hall–Kier alpha value is -3.49. The van der Waals surface area contributed by atoms with Crippen LogP contribution in [0.3, 0.4) is 0 Å². The number of benzene rings is 1. The Bertz CT molecular complexity index is 1210. The third-order valence-electron chi connectivity index (χ3n) is 5.26. The van der Waals surface area contributed by atoms with E-state index in [0.717, 1.165) is 4.34 Å². The Morgan fingerprint density at radius 3 is 2.78 bits per heavy atom. The molecule has 1 aromatic carbocycles. The fraction of sp³-hybridized carbons (Fsp3) is 0.238. The molecule has 0 amide bonds. The molecule has 11 heteroatoms. The second-order valence-corrected chi connectivity index (χ2v) is 9.34. The predicted octanol–water partition coefficient (Wildman–Crippen LogP) is 4.03. The number of nitrogens with two attached hydrogens (primary N) is 1. The molecule has 1 aliphatic carbocycles. The zero-order valence-corrected chi connectivity index (χ0v) is 18.5. The molecule has 2 aromatic rings. The second-order valence-electron chi connectivity index (χ2n) is 7.12. The first-order chi connectivity index (χ1) is 15.5. The van der Waals surface area contributed by atoms with Crippen molar-refractivity contribution in [1.29, 1.82) is 5.26 Å². The fourth-order valence-electron chi connectivity index (χ4n) is 3.91. The van der Waals surface area contributed by atoms with Gasteiger partial charge in [-0.25, -0.2) is 0 Å². The molecule has 4 rings (SSSR count). The van der Waals surface area contributed by atoms with Crippen molar-refractivity contribution in [2.45, 2.75) is 29.5 Å². The number of Topliss-reactive ketones (excluding diaryl/α,β-unsaturated/α-hetero) is 1. The van der Waals surface area contributed by atoms with E-state index in [9.17, 15) is 20.2 Å². The Balaban J connectivity index is 1.85. The normalized spacial score (nSPS) is 18.4. The minimum Gasteiger partial charge on any atom is -0.384 e. The third-order valence-corrected chi connectivity index (χ3v) is 7.30. The van der Waals surface area contributed by atoms with Gasteiger partial charge < -0.3 is 5.73 Å². The zero-order chi connectivity index (χ0) is 22.8. The molecule has 1 unspecified atom stereocenters. The predicted molar refractivity (Wildman–Crippen MR) is 122 cm³/mol. The summed E-state index contributed by atoms with van der Waals surface area (Å²) in [5.74, 6) is 0.131. The number of carbonyl (C=O) groups excluding carboxylic acids is 1. The van der Waals surface area contributed by atoms with Crippen LogP contribution in [0.25, 0.3) is 0 Å². The van der Waals surface area contributed by atoms with E-state index in [1.807, 2.05) is 0 Å². The lowest BCUT2D eigenvalue weighted by Gasteiger charge is -2.38. The van der Waals surface area contributed by atoms with Gasteiger partial charge in [0.05, 0.1) is 22.5 Å². The number of nitriles is 1. The van der Waals surface area contributed by atoms with Crippen LogP contribution in [0.1, 0.15) is 30.7 Å². The first-order valence-electron chi connectivity index (χ1n) is 9.74. The van der Waals surface area contributed by atoms with E-state index in [0.29, 0.717) is 47.0 Å². The van der Waals surface area contributed by atoms with Crippen LogP contribution in [-0.2, 0) is 4.79 Å². The average Bonchev–Trinajstić information content (AvgIpc) is 3.25.